The van der Waals surface area contributed by atoms with Crippen molar-refractivity contribution in [1.29, 1.82) is 0 Å². The van der Waals surface area contributed by atoms with Gasteiger partial charge in [0.15, 0.2) is 0 Å². The summed E-state index contributed by atoms with van der Waals surface area (Å²) in [6.07, 6.45) is 0.820. The van der Waals surface area contributed by atoms with Crippen molar-refractivity contribution < 1.29 is 14.3 Å². The number of nitrogens with zero attached hydrogens (tertiary/aromatic N) is 1. The van der Waals surface area contributed by atoms with Gasteiger partial charge in [-0.3, -0.25) is 9.59 Å². The Hall–Kier alpha value is -2.04. The molecule has 1 aromatic carbocycles. The Kier molecular flexibility index (Phi) is 6.03. The Balaban J connectivity index is 2.75. The molecule has 1 N–H and O–H groups in total. The molecule has 0 atom stereocenters. The number of hydrogen-bond acceptors (Lipinski definition) is 3. The quantitative estimate of drug-likeness (QED) is 0.868. The molecule has 0 fully saturated rings. The zero-order valence-corrected chi connectivity index (χ0v) is 12.5. The molecule has 0 bridgehead atoms. The van der Waals surface area contributed by atoms with E-state index in [1.165, 1.54) is 11.8 Å². The Bertz CT molecular complexity index is 486. The number of carbonyl (C=O) groups excluding carboxylic acids is 2. The zero-order valence-electron chi connectivity index (χ0n) is 12.5. The lowest BCUT2D eigenvalue weighted by molar-refractivity contribution is -0.132. The summed E-state index contributed by atoms with van der Waals surface area (Å²) in [5.41, 5.74) is 1.65. The Labute approximate surface area is 119 Å². The molecule has 1 rings (SSSR count). The third kappa shape index (κ3) is 4.57. The average Bonchev–Trinajstić information content (AvgIpc) is 2.38. The van der Waals surface area contributed by atoms with Crippen LogP contribution in [-0.4, -0.2) is 36.9 Å². The van der Waals surface area contributed by atoms with Crippen LogP contribution in [0.4, 0.5) is 5.69 Å². The molecule has 5 heteroatoms. The highest BCUT2D eigenvalue weighted by atomic mass is 16.5. The van der Waals surface area contributed by atoms with E-state index in [4.69, 9.17) is 4.74 Å². The SMILES string of the molecule is CCCN(CC(=O)Nc1cc(C)ccc1OC)C(C)=O. The lowest BCUT2D eigenvalue weighted by Gasteiger charge is -2.20. The second-order valence-electron chi connectivity index (χ2n) is 4.69. The minimum absolute atomic E-state index is 0.0558. The summed E-state index contributed by atoms with van der Waals surface area (Å²) in [5.74, 6) is 0.282. The minimum Gasteiger partial charge on any atom is -0.495 e. The summed E-state index contributed by atoms with van der Waals surface area (Å²) in [7, 11) is 1.55. The van der Waals surface area contributed by atoms with Crippen molar-refractivity contribution in [2.24, 2.45) is 0 Å². The van der Waals surface area contributed by atoms with E-state index in [2.05, 4.69) is 5.32 Å². The summed E-state index contributed by atoms with van der Waals surface area (Å²) < 4.78 is 5.21. The fourth-order valence-corrected chi connectivity index (χ4v) is 1.90. The number of hydrogen-bond donors (Lipinski definition) is 1. The third-order valence-electron chi connectivity index (χ3n) is 2.90. The number of aryl methyl sites for hydroxylation is 1. The predicted octanol–water partition coefficient (Wildman–Crippen LogP) is 2.20. The molecule has 0 unspecified atom stereocenters. The molecule has 110 valence electrons. The average molecular weight is 278 g/mol. The molecule has 2 amide bonds. The van der Waals surface area contributed by atoms with E-state index >= 15 is 0 Å². The van der Waals surface area contributed by atoms with Gasteiger partial charge in [0.2, 0.25) is 11.8 Å². The molecule has 0 saturated carbocycles. The molecule has 0 heterocycles. The first-order chi connectivity index (χ1) is 9.47. The topological polar surface area (TPSA) is 58.6 Å². The van der Waals surface area contributed by atoms with Gasteiger partial charge in [-0.2, -0.15) is 0 Å². The highest BCUT2D eigenvalue weighted by molar-refractivity contribution is 5.95. The van der Waals surface area contributed by atoms with Crippen molar-refractivity contribution in [3.05, 3.63) is 23.8 Å². The molecule has 0 radical (unpaired) electrons. The van der Waals surface area contributed by atoms with Crippen molar-refractivity contribution >= 4 is 17.5 Å². The van der Waals surface area contributed by atoms with Gasteiger partial charge in [0.05, 0.1) is 19.3 Å². The highest BCUT2D eigenvalue weighted by Gasteiger charge is 2.14. The van der Waals surface area contributed by atoms with Gasteiger partial charge in [-0.15, -0.1) is 0 Å². The van der Waals surface area contributed by atoms with Gasteiger partial charge < -0.3 is 15.0 Å². The molecule has 1 aromatic rings. The zero-order chi connectivity index (χ0) is 15.1. The molecule has 0 spiro atoms. The fourth-order valence-electron chi connectivity index (χ4n) is 1.90. The van der Waals surface area contributed by atoms with Crippen molar-refractivity contribution in [3.8, 4) is 5.75 Å². The first-order valence-corrected chi connectivity index (χ1v) is 6.68. The first kappa shape index (κ1) is 16.0. The molecule has 0 aliphatic carbocycles. The van der Waals surface area contributed by atoms with E-state index in [0.717, 1.165) is 12.0 Å². The van der Waals surface area contributed by atoms with E-state index < -0.39 is 0 Å². The summed E-state index contributed by atoms with van der Waals surface area (Å²) >= 11 is 0. The van der Waals surface area contributed by atoms with Crippen LogP contribution in [0.3, 0.4) is 0 Å². The molecular weight excluding hydrogens is 256 g/mol. The van der Waals surface area contributed by atoms with Gasteiger partial charge in [0.25, 0.3) is 0 Å². The van der Waals surface area contributed by atoms with Crippen LogP contribution < -0.4 is 10.1 Å². The van der Waals surface area contributed by atoms with Gasteiger partial charge in [0.1, 0.15) is 5.75 Å². The molecule has 0 saturated heterocycles. The van der Waals surface area contributed by atoms with Crippen LogP contribution >= 0.6 is 0 Å². The van der Waals surface area contributed by atoms with Crippen LogP contribution in [0.5, 0.6) is 5.75 Å². The third-order valence-corrected chi connectivity index (χ3v) is 2.90. The molecular formula is C15H22N2O3. The molecule has 20 heavy (non-hydrogen) atoms. The summed E-state index contributed by atoms with van der Waals surface area (Å²) in [6.45, 7) is 6.01. The number of nitrogens with one attached hydrogen (secondary N) is 1. The maximum absolute atomic E-state index is 12.0. The highest BCUT2D eigenvalue weighted by Crippen LogP contribution is 2.25. The smallest absolute Gasteiger partial charge is 0.244 e. The number of anilines is 1. The monoisotopic (exact) mass is 278 g/mol. The Morgan fingerprint density at radius 1 is 1.35 bits per heavy atom. The Morgan fingerprint density at radius 3 is 2.60 bits per heavy atom. The standard InChI is InChI=1S/C15H22N2O3/c1-5-8-17(12(3)18)10-15(19)16-13-9-11(2)6-7-14(13)20-4/h6-7,9H,5,8,10H2,1-4H3,(H,16,19). The summed E-state index contributed by atoms with van der Waals surface area (Å²) in [6, 6.07) is 5.56. The van der Waals surface area contributed by atoms with Crippen LogP contribution in [0.15, 0.2) is 18.2 Å². The molecule has 0 aromatic heterocycles. The number of benzene rings is 1. The fraction of sp³-hybridized carbons (Fsp3) is 0.467. The van der Waals surface area contributed by atoms with E-state index in [1.807, 2.05) is 26.0 Å². The van der Waals surface area contributed by atoms with E-state index in [-0.39, 0.29) is 18.4 Å². The van der Waals surface area contributed by atoms with Crippen LogP contribution in [0, 0.1) is 6.92 Å². The second-order valence-corrected chi connectivity index (χ2v) is 4.69. The number of methoxy groups -OCH3 is 1. The van der Waals surface area contributed by atoms with Gasteiger partial charge in [-0.25, -0.2) is 0 Å². The number of amides is 2. The Morgan fingerprint density at radius 2 is 2.05 bits per heavy atom. The number of carbonyl (C=O) groups is 2. The molecule has 5 nitrogen and oxygen atoms in total. The number of ether oxygens (including phenoxy) is 1. The summed E-state index contributed by atoms with van der Waals surface area (Å²) in [4.78, 5) is 25.0. The van der Waals surface area contributed by atoms with Gasteiger partial charge in [0, 0.05) is 13.5 Å². The first-order valence-electron chi connectivity index (χ1n) is 6.68. The van der Waals surface area contributed by atoms with Crippen LogP contribution in [0.1, 0.15) is 25.8 Å². The second kappa shape index (κ2) is 7.53. The van der Waals surface area contributed by atoms with E-state index in [0.29, 0.717) is 18.0 Å². The van der Waals surface area contributed by atoms with Crippen LogP contribution in [-0.2, 0) is 9.59 Å². The largest absolute Gasteiger partial charge is 0.495 e. The van der Waals surface area contributed by atoms with Gasteiger partial charge in [-0.05, 0) is 31.0 Å². The summed E-state index contributed by atoms with van der Waals surface area (Å²) in [5, 5.41) is 2.79. The van der Waals surface area contributed by atoms with E-state index in [9.17, 15) is 9.59 Å². The lowest BCUT2D eigenvalue weighted by atomic mass is 10.2. The maximum atomic E-state index is 12.0. The maximum Gasteiger partial charge on any atom is 0.244 e. The van der Waals surface area contributed by atoms with Crippen molar-refractivity contribution in [2.75, 3.05) is 25.5 Å². The van der Waals surface area contributed by atoms with Crippen molar-refractivity contribution in [2.45, 2.75) is 27.2 Å². The predicted molar refractivity (Wildman–Crippen MR) is 78.9 cm³/mol. The normalized spacial score (nSPS) is 10.0. The number of rotatable bonds is 6. The molecule has 0 aliphatic heterocycles. The van der Waals surface area contributed by atoms with Crippen molar-refractivity contribution in [3.63, 3.8) is 0 Å². The van der Waals surface area contributed by atoms with E-state index in [1.54, 1.807) is 13.2 Å². The van der Waals surface area contributed by atoms with Gasteiger partial charge in [-0.1, -0.05) is 13.0 Å². The lowest BCUT2D eigenvalue weighted by Crippen LogP contribution is -2.37. The van der Waals surface area contributed by atoms with Crippen LogP contribution in [0.25, 0.3) is 0 Å². The van der Waals surface area contributed by atoms with Crippen LogP contribution in [0.2, 0.25) is 0 Å². The van der Waals surface area contributed by atoms with Crippen molar-refractivity contribution in [1.82, 2.24) is 4.90 Å². The minimum atomic E-state index is -0.224. The van der Waals surface area contributed by atoms with Gasteiger partial charge >= 0.3 is 0 Å². The molecule has 0 aliphatic rings.